The second-order valence-corrected chi connectivity index (χ2v) is 9.02. The molecule has 0 spiro atoms. The molecule has 2 N–H and O–H groups in total. The minimum atomic E-state index is -4.47. The van der Waals surface area contributed by atoms with E-state index in [-0.39, 0.29) is 45.9 Å². The van der Waals surface area contributed by atoms with Crippen LogP contribution in [0.1, 0.15) is 31.9 Å². The van der Waals surface area contributed by atoms with Crippen molar-refractivity contribution in [3.05, 3.63) is 64.4 Å². The Hall–Kier alpha value is -3.20. The SMILES string of the molecule is CNc1nc(-c2ccc(C(F)(F)F)cc2)cc(-c2c(Cl)ccc(CNC(=O)C(C)(C)C)c2F)n1. The second kappa shape index (κ2) is 9.58. The van der Waals surface area contributed by atoms with Gasteiger partial charge in [-0.2, -0.15) is 13.2 Å². The number of amides is 1. The lowest BCUT2D eigenvalue weighted by Crippen LogP contribution is -2.34. The van der Waals surface area contributed by atoms with Gasteiger partial charge in [0.15, 0.2) is 0 Å². The summed E-state index contributed by atoms with van der Waals surface area (Å²) in [5.41, 5.74) is -0.423. The summed E-state index contributed by atoms with van der Waals surface area (Å²) in [7, 11) is 1.56. The largest absolute Gasteiger partial charge is 0.416 e. The fraction of sp³-hybridized carbons (Fsp3) is 0.292. The molecule has 0 radical (unpaired) electrons. The van der Waals surface area contributed by atoms with Crippen LogP contribution >= 0.6 is 11.6 Å². The van der Waals surface area contributed by atoms with Crippen LogP contribution in [0.4, 0.5) is 23.5 Å². The molecule has 180 valence electrons. The van der Waals surface area contributed by atoms with E-state index in [1.807, 2.05) is 0 Å². The highest BCUT2D eigenvalue weighted by atomic mass is 35.5. The number of carbonyl (C=O) groups excluding carboxylic acids is 1. The lowest BCUT2D eigenvalue weighted by Gasteiger charge is -2.18. The van der Waals surface area contributed by atoms with E-state index in [9.17, 15) is 18.0 Å². The molecule has 0 aliphatic rings. The number of nitrogens with zero attached hydrogens (tertiary/aromatic N) is 2. The predicted octanol–water partition coefficient (Wildman–Crippen LogP) is 6.33. The molecule has 1 aromatic heterocycles. The molecule has 10 heteroatoms. The summed E-state index contributed by atoms with van der Waals surface area (Å²) in [6.45, 7) is 5.18. The monoisotopic (exact) mass is 494 g/mol. The Morgan fingerprint density at radius 3 is 2.18 bits per heavy atom. The molecule has 1 amide bonds. The van der Waals surface area contributed by atoms with Crippen molar-refractivity contribution < 1.29 is 22.4 Å². The van der Waals surface area contributed by atoms with Gasteiger partial charge in [0.1, 0.15) is 5.82 Å². The molecule has 0 fully saturated rings. The summed E-state index contributed by atoms with van der Waals surface area (Å²) in [6, 6.07) is 8.88. The molecular weight excluding hydrogens is 472 g/mol. The molecule has 3 aromatic rings. The van der Waals surface area contributed by atoms with Crippen molar-refractivity contribution in [1.29, 1.82) is 0 Å². The van der Waals surface area contributed by atoms with Crippen LogP contribution in [-0.4, -0.2) is 22.9 Å². The quantitative estimate of drug-likeness (QED) is 0.407. The highest BCUT2D eigenvalue weighted by molar-refractivity contribution is 6.33. The third kappa shape index (κ3) is 5.64. The number of alkyl halides is 3. The summed E-state index contributed by atoms with van der Waals surface area (Å²) < 4.78 is 54.2. The zero-order valence-electron chi connectivity index (χ0n) is 18.9. The number of carbonyl (C=O) groups is 1. The van der Waals surface area contributed by atoms with Crippen molar-refractivity contribution in [1.82, 2.24) is 15.3 Å². The number of halogens is 5. The Morgan fingerprint density at radius 1 is 1.00 bits per heavy atom. The van der Waals surface area contributed by atoms with Gasteiger partial charge in [0.25, 0.3) is 0 Å². The molecule has 1 heterocycles. The molecule has 0 aliphatic heterocycles. The molecule has 2 aromatic carbocycles. The van der Waals surface area contributed by atoms with E-state index in [1.54, 1.807) is 27.8 Å². The lowest BCUT2D eigenvalue weighted by atomic mass is 9.95. The van der Waals surface area contributed by atoms with E-state index in [0.29, 0.717) is 5.56 Å². The first kappa shape index (κ1) is 25.4. The molecule has 0 saturated heterocycles. The summed E-state index contributed by atoms with van der Waals surface area (Å²) in [5, 5.41) is 5.55. The van der Waals surface area contributed by atoms with Gasteiger partial charge in [-0.05, 0) is 24.3 Å². The van der Waals surface area contributed by atoms with Gasteiger partial charge in [0, 0.05) is 30.1 Å². The number of anilines is 1. The van der Waals surface area contributed by atoms with Gasteiger partial charge in [-0.3, -0.25) is 4.79 Å². The third-order valence-corrected chi connectivity index (χ3v) is 5.32. The molecule has 0 bridgehead atoms. The molecule has 34 heavy (non-hydrogen) atoms. The molecular formula is C24H23ClF4N4O. The topological polar surface area (TPSA) is 66.9 Å². The highest BCUT2D eigenvalue weighted by Gasteiger charge is 2.30. The predicted molar refractivity (Wildman–Crippen MR) is 124 cm³/mol. The Labute approximate surface area is 199 Å². The van der Waals surface area contributed by atoms with Crippen molar-refractivity contribution >= 4 is 23.5 Å². The second-order valence-electron chi connectivity index (χ2n) is 8.62. The highest BCUT2D eigenvalue weighted by Crippen LogP contribution is 2.35. The van der Waals surface area contributed by atoms with Crippen molar-refractivity contribution in [2.45, 2.75) is 33.5 Å². The maximum atomic E-state index is 15.5. The van der Waals surface area contributed by atoms with Crippen LogP contribution in [0.5, 0.6) is 0 Å². The van der Waals surface area contributed by atoms with E-state index in [0.717, 1.165) is 12.1 Å². The first-order chi connectivity index (χ1) is 15.8. The molecule has 0 saturated carbocycles. The summed E-state index contributed by atoms with van der Waals surface area (Å²) in [6.07, 6.45) is -4.47. The van der Waals surface area contributed by atoms with Crippen LogP contribution in [0, 0.1) is 11.2 Å². The molecule has 0 unspecified atom stereocenters. The van der Waals surface area contributed by atoms with Crippen LogP contribution in [0.25, 0.3) is 22.5 Å². The minimum absolute atomic E-state index is 0.00349. The van der Waals surface area contributed by atoms with Gasteiger partial charge in [-0.15, -0.1) is 0 Å². The fourth-order valence-electron chi connectivity index (χ4n) is 3.07. The molecule has 0 atom stereocenters. The van der Waals surface area contributed by atoms with Gasteiger partial charge in [-0.1, -0.05) is 50.6 Å². The minimum Gasteiger partial charge on any atom is -0.357 e. The Balaban J connectivity index is 2.03. The van der Waals surface area contributed by atoms with E-state index in [2.05, 4.69) is 20.6 Å². The van der Waals surface area contributed by atoms with Crippen LogP contribution in [0.15, 0.2) is 42.5 Å². The van der Waals surface area contributed by atoms with Gasteiger partial charge >= 0.3 is 6.18 Å². The van der Waals surface area contributed by atoms with E-state index < -0.39 is 23.0 Å². The summed E-state index contributed by atoms with van der Waals surface area (Å²) >= 11 is 6.30. The van der Waals surface area contributed by atoms with Gasteiger partial charge in [0.05, 0.1) is 27.5 Å². The number of aromatic nitrogens is 2. The lowest BCUT2D eigenvalue weighted by molar-refractivity contribution is -0.137. The van der Waals surface area contributed by atoms with Crippen molar-refractivity contribution in [2.24, 2.45) is 5.41 Å². The van der Waals surface area contributed by atoms with Crippen LogP contribution < -0.4 is 10.6 Å². The number of rotatable bonds is 5. The van der Waals surface area contributed by atoms with E-state index >= 15 is 4.39 Å². The maximum absolute atomic E-state index is 15.5. The summed E-state index contributed by atoms with van der Waals surface area (Å²) in [4.78, 5) is 20.8. The standard InChI is InChI=1S/C24H23ClF4N4O/c1-23(2,3)21(34)31-12-14-7-10-16(25)19(20(14)26)18-11-17(32-22(30-4)33-18)13-5-8-15(9-6-13)24(27,28)29/h5-11H,12H2,1-4H3,(H,31,34)(H,30,32,33). The maximum Gasteiger partial charge on any atom is 0.416 e. The zero-order valence-corrected chi connectivity index (χ0v) is 19.7. The van der Waals surface area contributed by atoms with Crippen LogP contribution in [-0.2, 0) is 17.5 Å². The van der Waals surface area contributed by atoms with Crippen molar-refractivity contribution in [2.75, 3.05) is 12.4 Å². The first-order valence-corrected chi connectivity index (χ1v) is 10.7. The Morgan fingerprint density at radius 2 is 1.62 bits per heavy atom. The number of hydrogen-bond acceptors (Lipinski definition) is 4. The van der Waals surface area contributed by atoms with Crippen molar-refractivity contribution in [3.63, 3.8) is 0 Å². The van der Waals surface area contributed by atoms with E-state index in [4.69, 9.17) is 11.6 Å². The molecule has 3 rings (SSSR count). The number of nitrogens with one attached hydrogen (secondary N) is 2. The van der Waals surface area contributed by atoms with Crippen molar-refractivity contribution in [3.8, 4) is 22.5 Å². The van der Waals surface area contributed by atoms with Gasteiger partial charge in [-0.25, -0.2) is 14.4 Å². The molecule has 5 nitrogen and oxygen atoms in total. The molecule has 0 aliphatic carbocycles. The Kier molecular flexibility index (Phi) is 7.16. The number of hydrogen-bond donors (Lipinski definition) is 2. The van der Waals surface area contributed by atoms with E-state index in [1.165, 1.54) is 30.3 Å². The normalized spacial score (nSPS) is 11.9. The third-order valence-electron chi connectivity index (χ3n) is 5.01. The zero-order chi connectivity index (χ0) is 25.3. The average molecular weight is 495 g/mol. The fourth-order valence-corrected chi connectivity index (χ4v) is 3.32. The average Bonchev–Trinajstić information content (AvgIpc) is 2.77. The smallest absolute Gasteiger partial charge is 0.357 e. The number of benzene rings is 2. The van der Waals surface area contributed by atoms with Gasteiger partial charge in [0.2, 0.25) is 11.9 Å². The Bertz CT molecular complexity index is 1210. The van der Waals surface area contributed by atoms with Gasteiger partial charge < -0.3 is 10.6 Å². The first-order valence-electron chi connectivity index (χ1n) is 10.3. The summed E-state index contributed by atoms with van der Waals surface area (Å²) in [5.74, 6) is -0.775. The van der Waals surface area contributed by atoms with Crippen LogP contribution in [0.2, 0.25) is 5.02 Å². The van der Waals surface area contributed by atoms with Crippen LogP contribution in [0.3, 0.4) is 0 Å².